The highest BCUT2D eigenvalue weighted by molar-refractivity contribution is 6.32. The average Bonchev–Trinajstić information content (AvgIpc) is 2.98. The smallest absolute Gasteiger partial charge is 0.404 e. The van der Waals surface area contributed by atoms with Crippen molar-refractivity contribution in [1.82, 2.24) is 15.1 Å². The molecule has 0 unspecified atom stereocenters. The number of alkyl halides is 3. The zero-order chi connectivity index (χ0) is 17.3. The van der Waals surface area contributed by atoms with Crippen molar-refractivity contribution >= 4 is 17.4 Å². The van der Waals surface area contributed by atoms with Crippen molar-refractivity contribution in [1.29, 1.82) is 0 Å². The normalized spacial score (nSPS) is 11.5. The number of ether oxygens (including phenoxy) is 1. The van der Waals surface area contributed by atoms with Crippen LogP contribution in [-0.4, -0.2) is 21.5 Å². The number of nitrogens with two attached hydrogens (primary N) is 1. The third-order valence-electron chi connectivity index (χ3n) is 2.91. The minimum atomic E-state index is -4.83. The lowest BCUT2D eigenvalue weighted by atomic mass is 10.2. The Hall–Kier alpha value is -2.81. The Morgan fingerprint density at radius 1 is 1.21 bits per heavy atom. The van der Waals surface area contributed by atoms with Gasteiger partial charge in [0, 0.05) is 11.8 Å². The van der Waals surface area contributed by atoms with Crippen molar-refractivity contribution in [2.75, 3.05) is 5.73 Å². The SMILES string of the molecule is Nc1ncccc1-c1noc(-c2ccc(OC(F)(F)F)c(Cl)c2)n1. The maximum atomic E-state index is 12.2. The van der Waals surface area contributed by atoms with Crippen LogP contribution in [0.4, 0.5) is 19.0 Å². The first kappa shape index (κ1) is 16.1. The van der Waals surface area contributed by atoms with E-state index in [-0.39, 0.29) is 22.6 Å². The molecule has 0 radical (unpaired) electrons. The van der Waals surface area contributed by atoms with E-state index in [0.29, 0.717) is 11.1 Å². The van der Waals surface area contributed by atoms with Gasteiger partial charge in [-0.2, -0.15) is 4.98 Å². The number of rotatable bonds is 3. The van der Waals surface area contributed by atoms with Gasteiger partial charge in [0.2, 0.25) is 5.82 Å². The molecule has 6 nitrogen and oxygen atoms in total. The van der Waals surface area contributed by atoms with E-state index >= 15 is 0 Å². The van der Waals surface area contributed by atoms with Crippen molar-refractivity contribution in [2.45, 2.75) is 6.36 Å². The molecular formula is C14H8ClF3N4O2. The predicted molar refractivity (Wildman–Crippen MR) is 79.1 cm³/mol. The number of halogens is 4. The molecule has 0 saturated carbocycles. The third kappa shape index (κ3) is 3.40. The molecule has 0 atom stereocenters. The first-order valence-corrected chi connectivity index (χ1v) is 6.81. The number of benzene rings is 1. The van der Waals surface area contributed by atoms with E-state index < -0.39 is 12.1 Å². The number of nitrogen functional groups attached to an aromatic ring is 1. The van der Waals surface area contributed by atoms with Crippen molar-refractivity contribution < 1.29 is 22.4 Å². The van der Waals surface area contributed by atoms with E-state index in [1.807, 2.05) is 0 Å². The highest BCUT2D eigenvalue weighted by atomic mass is 35.5. The average molecular weight is 357 g/mol. The second-order valence-corrected chi connectivity index (χ2v) is 4.96. The van der Waals surface area contributed by atoms with Crippen LogP contribution in [0.15, 0.2) is 41.1 Å². The summed E-state index contributed by atoms with van der Waals surface area (Å²) in [7, 11) is 0. The van der Waals surface area contributed by atoms with E-state index in [9.17, 15) is 13.2 Å². The zero-order valence-electron chi connectivity index (χ0n) is 11.7. The zero-order valence-corrected chi connectivity index (χ0v) is 12.5. The van der Waals surface area contributed by atoms with Gasteiger partial charge in [0.15, 0.2) is 0 Å². The standard InChI is InChI=1S/C14H8ClF3N4O2/c15-9-6-7(3-4-10(9)23-14(16,17)18)13-21-12(22-24-13)8-2-1-5-20-11(8)19/h1-6H,(H2,19,20). The lowest BCUT2D eigenvalue weighted by Crippen LogP contribution is -2.17. The minimum Gasteiger partial charge on any atom is -0.404 e. The van der Waals surface area contributed by atoms with Gasteiger partial charge >= 0.3 is 6.36 Å². The van der Waals surface area contributed by atoms with Gasteiger partial charge in [-0.1, -0.05) is 16.8 Å². The highest BCUT2D eigenvalue weighted by Gasteiger charge is 2.32. The molecule has 2 N–H and O–H groups in total. The van der Waals surface area contributed by atoms with Crippen LogP contribution in [0.1, 0.15) is 0 Å². The molecule has 0 fully saturated rings. The Labute approximate surface area is 138 Å². The topological polar surface area (TPSA) is 87.1 Å². The number of anilines is 1. The fourth-order valence-electron chi connectivity index (χ4n) is 1.90. The summed E-state index contributed by atoms with van der Waals surface area (Å²) in [6.45, 7) is 0. The summed E-state index contributed by atoms with van der Waals surface area (Å²) in [5.74, 6) is -0.0444. The molecule has 10 heteroatoms. The lowest BCUT2D eigenvalue weighted by Gasteiger charge is -2.10. The molecule has 0 spiro atoms. The maximum absolute atomic E-state index is 12.2. The van der Waals surface area contributed by atoms with E-state index in [0.717, 1.165) is 6.07 Å². The molecule has 0 aliphatic rings. The van der Waals surface area contributed by atoms with Crippen LogP contribution in [0, 0.1) is 0 Å². The van der Waals surface area contributed by atoms with Gasteiger partial charge in [-0.05, 0) is 30.3 Å². The first-order valence-electron chi connectivity index (χ1n) is 6.44. The summed E-state index contributed by atoms with van der Waals surface area (Å²) < 4.78 is 45.6. The van der Waals surface area contributed by atoms with Crippen LogP contribution in [0.2, 0.25) is 5.02 Å². The summed E-state index contributed by atoms with van der Waals surface area (Å²) >= 11 is 5.79. The van der Waals surface area contributed by atoms with E-state index in [1.165, 1.54) is 18.3 Å². The maximum Gasteiger partial charge on any atom is 0.573 e. The van der Waals surface area contributed by atoms with Gasteiger partial charge < -0.3 is 15.0 Å². The summed E-state index contributed by atoms with van der Waals surface area (Å²) in [4.78, 5) is 8.05. The number of pyridine rings is 1. The van der Waals surface area contributed by atoms with Crippen molar-refractivity contribution in [3.8, 4) is 28.6 Å². The second-order valence-electron chi connectivity index (χ2n) is 4.55. The third-order valence-corrected chi connectivity index (χ3v) is 3.21. The molecule has 3 aromatic rings. The molecule has 0 aliphatic heterocycles. The summed E-state index contributed by atoms with van der Waals surface area (Å²) in [6.07, 6.45) is -3.32. The molecule has 1 aromatic carbocycles. The minimum absolute atomic E-state index is 0.0636. The summed E-state index contributed by atoms with van der Waals surface area (Å²) in [6, 6.07) is 6.92. The van der Waals surface area contributed by atoms with Crippen LogP contribution in [0.5, 0.6) is 5.75 Å². The van der Waals surface area contributed by atoms with E-state index in [2.05, 4.69) is 19.9 Å². The predicted octanol–water partition coefficient (Wildman–Crippen LogP) is 3.93. The molecule has 2 heterocycles. The van der Waals surface area contributed by atoms with Gasteiger partial charge in [0.05, 0.1) is 10.6 Å². The van der Waals surface area contributed by atoms with Crippen molar-refractivity contribution in [2.24, 2.45) is 0 Å². The van der Waals surface area contributed by atoms with Gasteiger partial charge in [-0.3, -0.25) is 0 Å². The van der Waals surface area contributed by atoms with Crippen molar-refractivity contribution in [3.63, 3.8) is 0 Å². The van der Waals surface area contributed by atoms with Gasteiger partial charge in [0.1, 0.15) is 11.6 Å². The Morgan fingerprint density at radius 3 is 2.67 bits per heavy atom. The van der Waals surface area contributed by atoms with Crippen LogP contribution in [0.3, 0.4) is 0 Å². The van der Waals surface area contributed by atoms with Crippen LogP contribution in [-0.2, 0) is 0 Å². The fourth-order valence-corrected chi connectivity index (χ4v) is 2.12. The molecule has 0 amide bonds. The van der Waals surface area contributed by atoms with Gasteiger partial charge in [0.25, 0.3) is 5.89 Å². The monoisotopic (exact) mass is 356 g/mol. The van der Waals surface area contributed by atoms with Crippen LogP contribution in [0.25, 0.3) is 22.8 Å². The van der Waals surface area contributed by atoms with E-state index in [1.54, 1.807) is 12.1 Å². The van der Waals surface area contributed by atoms with Gasteiger partial charge in [-0.15, -0.1) is 13.2 Å². The summed E-state index contributed by atoms with van der Waals surface area (Å²) in [5.41, 5.74) is 6.52. The van der Waals surface area contributed by atoms with Crippen LogP contribution >= 0.6 is 11.6 Å². The largest absolute Gasteiger partial charge is 0.573 e. The Kier molecular flexibility index (Phi) is 4.02. The quantitative estimate of drug-likeness (QED) is 0.765. The second kappa shape index (κ2) is 6.00. The molecule has 24 heavy (non-hydrogen) atoms. The highest BCUT2D eigenvalue weighted by Crippen LogP contribution is 2.34. The number of hydrogen-bond donors (Lipinski definition) is 1. The fraction of sp³-hybridized carbons (Fsp3) is 0.0714. The van der Waals surface area contributed by atoms with E-state index in [4.69, 9.17) is 21.9 Å². The number of hydrogen-bond acceptors (Lipinski definition) is 6. The Morgan fingerprint density at radius 2 is 2.00 bits per heavy atom. The molecule has 0 aliphatic carbocycles. The van der Waals surface area contributed by atoms with Gasteiger partial charge in [-0.25, -0.2) is 4.98 Å². The number of aromatic nitrogens is 3. The van der Waals surface area contributed by atoms with Crippen molar-refractivity contribution in [3.05, 3.63) is 41.6 Å². The molecule has 0 saturated heterocycles. The molecular weight excluding hydrogens is 349 g/mol. The first-order chi connectivity index (χ1) is 11.3. The molecule has 3 rings (SSSR count). The molecule has 124 valence electrons. The molecule has 0 bridgehead atoms. The Balaban J connectivity index is 1.91. The van der Waals surface area contributed by atoms with Crippen LogP contribution < -0.4 is 10.5 Å². The number of nitrogens with zero attached hydrogens (tertiary/aromatic N) is 3. The summed E-state index contributed by atoms with van der Waals surface area (Å²) in [5, 5.41) is 3.53. The lowest BCUT2D eigenvalue weighted by molar-refractivity contribution is -0.274. The molecule has 2 aromatic heterocycles. The Bertz CT molecular complexity index is 882.